The van der Waals surface area contributed by atoms with Crippen LogP contribution in [0.25, 0.3) is 0 Å². The molecule has 0 aromatic heterocycles. The Balaban J connectivity index is 2.41. The third-order valence-electron chi connectivity index (χ3n) is 2.92. The highest BCUT2D eigenvalue weighted by atomic mass is 19.1. The molecule has 0 aliphatic rings. The summed E-state index contributed by atoms with van der Waals surface area (Å²) >= 11 is 0. The number of ether oxygens (including phenoxy) is 2. The fraction of sp³-hybridized carbons (Fsp3) is 0.200. The van der Waals surface area contributed by atoms with Crippen LogP contribution in [0.2, 0.25) is 0 Å². The van der Waals surface area contributed by atoms with Gasteiger partial charge >= 0.3 is 0 Å². The van der Waals surface area contributed by atoms with Gasteiger partial charge in [-0.25, -0.2) is 4.39 Å². The Morgan fingerprint density at radius 3 is 2.26 bits per heavy atom. The minimum atomic E-state index is -0.898. The molecule has 100 valence electrons. The maximum Gasteiger partial charge on any atom is 0.125 e. The lowest BCUT2D eigenvalue weighted by molar-refractivity contribution is 0.214. The van der Waals surface area contributed by atoms with Gasteiger partial charge in [-0.15, -0.1) is 0 Å². The van der Waals surface area contributed by atoms with Crippen LogP contribution in [-0.2, 0) is 0 Å². The topological polar surface area (TPSA) is 38.7 Å². The number of aliphatic hydroxyl groups is 1. The quantitative estimate of drug-likeness (QED) is 0.920. The van der Waals surface area contributed by atoms with Crippen molar-refractivity contribution >= 4 is 0 Å². The molecule has 0 fully saturated rings. The maximum atomic E-state index is 12.9. The summed E-state index contributed by atoms with van der Waals surface area (Å²) in [7, 11) is 3.08. The Morgan fingerprint density at radius 1 is 1.00 bits per heavy atom. The second-order valence-electron chi connectivity index (χ2n) is 4.06. The van der Waals surface area contributed by atoms with Crippen molar-refractivity contribution in [3.8, 4) is 11.5 Å². The number of halogens is 1. The zero-order valence-corrected chi connectivity index (χ0v) is 10.8. The summed E-state index contributed by atoms with van der Waals surface area (Å²) < 4.78 is 23.2. The van der Waals surface area contributed by atoms with Crippen molar-refractivity contribution in [1.82, 2.24) is 0 Å². The number of benzene rings is 2. The fourth-order valence-corrected chi connectivity index (χ4v) is 1.88. The first-order chi connectivity index (χ1) is 9.15. The first-order valence-corrected chi connectivity index (χ1v) is 5.81. The highest BCUT2D eigenvalue weighted by Crippen LogP contribution is 2.32. The van der Waals surface area contributed by atoms with Gasteiger partial charge in [-0.3, -0.25) is 0 Å². The first kappa shape index (κ1) is 13.4. The third kappa shape index (κ3) is 2.85. The van der Waals surface area contributed by atoms with Crippen molar-refractivity contribution < 1.29 is 19.0 Å². The van der Waals surface area contributed by atoms with Crippen molar-refractivity contribution in [1.29, 1.82) is 0 Å². The van der Waals surface area contributed by atoms with Gasteiger partial charge in [-0.1, -0.05) is 12.1 Å². The molecule has 0 amide bonds. The molecule has 0 bridgehead atoms. The van der Waals surface area contributed by atoms with Crippen molar-refractivity contribution in [3.63, 3.8) is 0 Å². The summed E-state index contributed by atoms with van der Waals surface area (Å²) in [6, 6.07) is 10.9. The lowest BCUT2D eigenvalue weighted by Gasteiger charge is -2.16. The van der Waals surface area contributed by atoms with E-state index in [9.17, 15) is 9.50 Å². The van der Waals surface area contributed by atoms with Gasteiger partial charge in [-0.2, -0.15) is 0 Å². The zero-order chi connectivity index (χ0) is 13.8. The summed E-state index contributed by atoms with van der Waals surface area (Å²) in [4.78, 5) is 0. The van der Waals surface area contributed by atoms with Crippen LogP contribution in [-0.4, -0.2) is 19.3 Å². The lowest BCUT2D eigenvalue weighted by Crippen LogP contribution is -2.03. The van der Waals surface area contributed by atoms with Crippen LogP contribution in [0.3, 0.4) is 0 Å². The number of hydrogen-bond donors (Lipinski definition) is 1. The van der Waals surface area contributed by atoms with Crippen LogP contribution in [0.15, 0.2) is 42.5 Å². The molecular weight excluding hydrogens is 247 g/mol. The average Bonchev–Trinajstić information content (AvgIpc) is 2.46. The molecule has 0 radical (unpaired) electrons. The van der Waals surface area contributed by atoms with Gasteiger partial charge in [0, 0.05) is 5.56 Å². The summed E-state index contributed by atoms with van der Waals surface area (Å²) in [5, 5.41) is 10.4. The summed E-state index contributed by atoms with van der Waals surface area (Å²) in [5.74, 6) is 0.836. The Hall–Kier alpha value is -2.07. The SMILES string of the molecule is COc1ccc(OC)c(C(O)c2ccc(F)cc2)c1. The molecule has 4 heteroatoms. The molecule has 2 aromatic carbocycles. The number of aliphatic hydroxyl groups excluding tert-OH is 1. The molecule has 0 saturated carbocycles. The number of methoxy groups -OCH3 is 2. The van der Waals surface area contributed by atoms with Gasteiger partial charge in [-0.05, 0) is 35.9 Å². The van der Waals surface area contributed by atoms with Crippen molar-refractivity contribution in [2.24, 2.45) is 0 Å². The van der Waals surface area contributed by atoms with E-state index in [0.29, 0.717) is 22.6 Å². The normalized spacial score (nSPS) is 12.0. The molecule has 2 rings (SSSR count). The molecule has 1 N–H and O–H groups in total. The van der Waals surface area contributed by atoms with Gasteiger partial charge in [0.25, 0.3) is 0 Å². The summed E-state index contributed by atoms with van der Waals surface area (Å²) in [6.07, 6.45) is -0.898. The minimum Gasteiger partial charge on any atom is -0.497 e. The van der Waals surface area contributed by atoms with Gasteiger partial charge < -0.3 is 14.6 Å². The maximum absolute atomic E-state index is 12.9. The average molecular weight is 262 g/mol. The van der Waals surface area contributed by atoms with E-state index >= 15 is 0 Å². The highest BCUT2D eigenvalue weighted by Gasteiger charge is 2.16. The van der Waals surface area contributed by atoms with E-state index in [-0.39, 0.29) is 5.82 Å². The van der Waals surface area contributed by atoms with E-state index in [4.69, 9.17) is 9.47 Å². The Labute approximate surface area is 111 Å². The molecule has 1 atom stereocenters. The third-order valence-corrected chi connectivity index (χ3v) is 2.92. The second-order valence-corrected chi connectivity index (χ2v) is 4.06. The van der Waals surface area contributed by atoms with Crippen LogP contribution in [0.1, 0.15) is 17.2 Å². The molecule has 0 saturated heterocycles. The van der Waals surface area contributed by atoms with Gasteiger partial charge in [0.1, 0.15) is 23.4 Å². The van der Waals surface area contributed by atoms with Crippen LogP contribution in [0.4, 0.5) is 4.39 Å². The van der Waals surface area contributed by atoms with E-state index in [1.165, 1.54) is 19.2 Å². The monoisotopic (exact) mass is 262 g/mol. The van der Waals surface area contributed by atoms with Crippen LogP contribution in [0, 0.1) is 5.82 Å². The molecule has 19 heavy (non-hydrogen) atoms. The molecule has 2 aromatic rings. The smallest absolute Gasteiger partial charge is 0.125 e. The number of hydrogen-bond acceptors (Lipinski definition) is 3. The van der Waals surface area contributed by atoms with Crippen molar-refractivity contribution in [2.75, 3.05) is 14.2 Å². The van der Waals surface area contributed by atoms with E-state index in [2.05, 4.69) is 0 Å². The van der Waals surface area contributed by atoms with E-state index in [1.807, 2.05) is 0 Å². The van der Waals surface area contributed by atoms with E-state index in [0.717, 1.165) is 0 Å². The van der Waals surface area contributed by atoms with Gasteiger partial charge in [0.2, 0.25) is 0 Å². The number of rotatable bonds is 4. The minimum absolute atomic E-state index is 0.339. The standard InChI is InChI=1S/C15H15FO3/c1-18-12-7-8-14(19-2)13(9-12)15(17)10-3-5-11(16)6-4-10/h3-9,15,17H,1-2H3. The molecule has 0 aliphatic carbocycles. The van der Waals surface area contributed by atoms with Gasteiger partial charge in [0.15, 0.2) is 0 Å². The Bertz CT molecular complexity index is 552. The molecule has 0 heterocycles. The lowest BCUT2D eigenvalue weighted by atomic mass is 10.0. The first-order valence-electron chi connectivity index (χ1n) is 5.81. The largest absolute Gasteiger partial charge is 0.497 e. The molecular formula is C15H15FO3. The van der Waals surface area contributed by atoms with Crippen LogP contribution < -0.4 is 9.47 Å². The Kier molecular flexibility index (Phi) is 4.02. The second kappa shape index (κ2) is 5.71. The predicted molar refractivity (Wildman–Crippen MR) is 70.0 cm³/mol. The predicted octanol–water partition coefficient (Wildman–Crippen LogP) is 2.92. The molecule has 0 aliphatic heterocycles. The zero-order valence-electron chi connectivity index (χ0n) is 10.8. The van der Waals surface area contributed by atoms with E-state index < -0.39 is 6.10 Å². The fourth-order valence-electron chi connectivity index (χ4n) is 1.88. The molecule has 0 spiro atoms. The summed E-state index contributed by atoms with van der Waals surface area (Å²) in [6.45, 7) is 0. The molecule has 1 unspecified atom stereocenters. The van der Waals surface area contributed by atoms with Crippen molar-refractivity contribution in [2.45, 2.75) is 6.10 Å². The van der Waals surface area contributed by atoms with Crippen molar-refractivity contribution in [3.05, 3.63) is 59.4 Å². The van der Waals surface area contributed by atoms with Crippen LogP contribution in [0.5, 0.6) is 11.5 Å². The van der Waals surface area contributed by atoms with Crippen LogP contribution >= 0.6 is 0 Å². The van der Waals surface area contributed by atoms with Gasteiger partial charge in [0.05, 0.1) is 14.2 Å². The highest BCUT2D eigenvalue weighted by molar-refractivity contribution is 5.45. The Morgan fingerprint density at radius 2 is 1.68 bits per heavy atom. The molecule has 3 nitrogen and oxygen atoms in total. The summed E-state index contributed by atoms with van der Waals surface area (Å²) in [5.41, 5.74) is 1.17. The van der Waals surface area contributed by atoms with E-state index in [1.54, 1.807) is 37.4 Å².